The molecule has 8 heteroatoms. The van der Waals surface area contributed by atoms with Crippen LogP contribution in [0.2, 0.25) is 0 Å². The molecule has 0 amide bonds. The largest absolute Gasteiger partial charge is 0.384 e. The quantitative estimate of drug-likeness (QED) is 0.735. The number of thiophene rings is 1. The van der Waals surface area contributed by atoms with E-state index in [0.717, 1.165) is 13.0 Å². The number of fused-ring (bicyclic) bond motifs is 1. The van der Waals surface area contributed by atoms with Crippen LogP contribution in [0.1, 0.15) is 53.0 Å². The fourth-order valence-corrected chi connectivity index (χ4v) is 5.02. The van der Waals surface area contributed by atoms with Gasteiger partial charge in [0.05, 0.1) is 6.54 Å². The monoisotopic (exact) mass is 388 g/mol. The fourth-order valence-electron chi connectivity index (χ4n) is 4.11. The molecule has 0 spiro atoms. The molecule has 1 atom stereocenters. The molecular formula is C19H24N4O3S. The number of rotatable bonds is 6. The van der Waals surface area contributed by atoms with Gasteiger partial charge in [0, 0.05) is 24.0 Å². The maximum atomic E-state index is 13.0. The molecule has 1 aliphatic heterocycles. The van der Waals surface area contributed by atoms with E-state index in [1.165, 1.54) is 27.8 Å². The van der Waals surface area contributed by atoms with Crippen molar-refractivity contribution < 1.29 is 4.79 Å². The van der Waals surface area contributed by atoms with Crippen molar-refractivity contribution in [3.63, 3.8) is 0 Å². The van der Waals surface area contributed by atoms with Crippen LogP contribution in [-0.2, 0) is 13.0 Å². The highest BCUT2D eigenvalue weighted by Crippen LogP contribution is 2.48. The summed E-state index contributed by atoms with van der Waals surface area (Å²) in [5.41, 5.74) is 6.04. The first-order chi connectivity index (χ1) is 13.0. The van der Waals surface area contributed by atoms with Crippen molar-refractivity contribution in [3.05, 3.63) is 48.3 Å². The lowest BCUT2D eigenvalue weighted by atomic mass is 9.95. The molecule has 7 nitrogen and oxygen atoms in total. The highest BCUT2D eigenvalue weighted by Gasteiger charge is 2.40. The first-order valence-corrected chi connectivity index (χ1v) is 10.3. The van der Waals surface area contributed by atoms with Crippen molar-refractivity contribution in [2.24, 2.45) is 5.92 Å². The molecule has 2 aromatic rings. The van der Waals surface area contributed by atoms with E-state index in [9.17, 15) is 14.4 Å². The molecule has 1 saturated carbocycles. The van der Waals surface area contributed by atoms with Crippen LogP contribution in [0.15, 0.2) is 21.0 Å². The zero-order valence-electron chi connectivity index (χ0n) is 15.4. The molecule has 4 rings (SSSR count). The Balaban J connectivity index is 1.64. The third kappa shape index (κ3) is 3.27. The van der Waals surface area contributed by atoms with Crippen molar-refractivity contribution in [1.82, 2.24) is 14.5 Å². The molecule has 0 radical (unpaired) electrons. The number of anilines is 1. The molecule has 3 heterocycles. The number of hydrogen-bond acceptors (Lipinski definition) is 6. The molecule has 1 fully saturated rings. The number of nitrogens with one attached hydrogen (secondary N) is 1. The number of nitrogens with zero attached hydrogens (tertiary/aromatic N) is 2. The predicted molar refractivity (Wildman–Crippen MR) is 105 cm³/mol. The van der Waals surface area contributed by atoms with Gasteiger partial charge in [0.15, 0.2) is 5.78 Å². The number of aromatic nitrogens is 2. The summed E-state index contributed by atoms with van der Waals surface area (Å²) in [7, 11) is 0. The molecule has 2 aliphatic rings. The van der Waals surface area contributed by atoms with E-state index in [0.29, 0.717) is 18.9 Å². The van der Waals surface area contributed by atoms with Gasteiger partial charge in [-0.15, -0.1) is 11.3 Å². The standard InChI is InChI=1S/C19H24N4O3S/c1-2-7-23-17(20)15(18(25)21-19(23)26)13(24)10-22-8-5-14-12(6-9-27-14)16(22)11-3-4-11/h6,9,11,16H,2-5,7-8,10,20H2,1H3,(H,21,25,26)/t16-/m1/s1. The Morgan fingerprint density at radius 1 is 1.37 bits per heavy atom. The number of nitrogen functional groups attached to an aromatic ring is 1. The topological polar surface area (TPSA) is 101 Å². The fraction of sp³-hybridized carbons (Fsp3) is 0.526. The average Bonchev–Trinajstić information content (AvgIpc) is 3.34. The van der Waals surface area contributed by atoms with Gasteiger partial charge < -0.3 is 5.73 Å². The molecule has 27 heavy (non-hydrogen) atoms. The van der Waals surface area contributed by atoms with E-state index in [2.05, 4.69) is 21.3 Å². The van der Waals surface area contributed by atoms with Crippen molar-refractivity contribution in [2.75, 3.05) is 18.8 Å². The second-order valence-electron chi connectivity index (χ2n) is 7.40. The highest BCUT2D eigenvalue weighted by molar-refractivity contribution is 7.10. The van der Waals surface area contributed by atoms with Crippen molar-refractivity contribution in [1.29, 1.82) is 0 Å². The number of carbonyl (C=O) groups excluding carboxylic acids is 1. The summed E-state index contributed by atoms with van der Waals surface area (Å²) in [6, 6.07) is 2.41. The number of Topliss-reactive ketones (excluding diaryl/α,β-unsaturated/α-hetero) is 1. The second kappa shape index (κ2) is 7.09. The maximum Gasteiger partial charge on any atom is 0.329 e. The lowest BCUT2D eigenvalue weighted by Crippen LogP contribution is -2.42. The van der Waals surface area contributed by atoms with Crippen LogP contribution < -0.4 is 17.0 Å². The number of hydrogen-bond donors (Lipinski definition) is 2. The first kappa shape index (κ1) is 18.2. The van der Waals surface area contributed by atoms with Crippen molar-refractivity contribution in [2.45, 2.75) is 45.2 Å². The number of carbonyl (C=O) groups is 1. The van der Waals surface area contributed by atoms with Crippen LogP contribution in [-0.4, -0.2) is 33.3 Å². The van der Waals surface area contributed by atoms with E-state index in [1.54, 1.807) is 11.3 Å². The first-order valence-electron chi connectivity index (χ1n) is 9.47. The molecule has 0 saturated heterocycles. The molecule has 0 aromatic carbocycles. The van der Waals surface area contributed by atoms with Crippen LogP contribution in [0.4, 0.5) is 5.82 Å². The summed E-state index contributed by atoms with van der Waals surface area (Å²) in [4.78, 5) is 43.1. The average molecular weight is 388 g/mol. The van der Waals surface area contributed by atoms with E-state index in [1.807, 2.05) is 6.92 Å². The van der Waals surface area contributed by atoms with E-state index >= 15 is 0 Å². The minimum absolute atomic E-state index is 0.0215. The van der Waals surface area contributed by atoms with Gasteiger partial charge in [-0.05, 0) is 48.6 Å². The molecule has 2 aromatic heterocycles. The van der Waals surface area contributed by atoms with Crippen LogP contribution >= 0.6 is 11.3 Å². The van der Waals surface area contributed by atoms with Crippen molar-refractivity contribution >= 4 is 22.9 Å². The third-order valence-corrected chi connectivity index (χ3v) is 6.50. The molecule has 1 aliphatic carbocycles. The van der Waals surface area contributed by atoms with Crippen LogP contribution in [0.25, 0.3) is 0 Å². The smallest absolute Gasteiger partial charge is 0.329 e. The summed E-state index contributed by atoms with van der Waals surface area (Å²) in [5, 5.41) is 2.12. The van der Waals surface area contributed by atoms with Gasteiger partial charge in [-0.1, -0.05) is 6.92 Å². The summed E-state index contributed by atoms with van der Waals surface area (Å²) >= 11 is 1.78. The van der Waals surface area contributed by atoms with Crippen LogP contribution in [0, 0.1) is 5.92 Å². The third-order valence-electron chi connectivity index (χ3n) is 5.50. The highest BCUT2D eigenvalue weighted by atomic mass is 32.1. The second-order valence-corrected chi connectivity index (χ2v) is 8.40. The zero-order valence-corrected chi connectivity index (χ0v) is 16.2. The lowest BCUT2D eigenvalue weighted by Gasteiger charge is -2.35. The van der Waals surface area contributed by atoms with Crippen LogP contribution in [0.3, 0.4) is 0 Å². The number of aromatic amines is 1. The minimum atomic E-state index is -0.689. The Labute approximate surface area is 160 Å². The number of ketones is 1. The van der Waals surface area contributed by atoms with Gasteiger partial charge in [-0.25, -0.2) is 4.79 Å². The summed E-state index contributed by atoms with van der Waals surface area (Å²) in [5.74, 6) is 0.242. The molecule has 144 valence electrons. The Kier molecular flexibility index (Phi) is 4.77. The van der Waals surface area contributed by atoms with E-state index < -0.39 is 11.2 Å². The van der Waals surface area contributed by atoms with E-state index in [-0.39, 0.29) is 29.8 Å². The number of H-pyrrole nitrogens is 1. The van der Waals surface area contributed by atoms with E-state index in [4.69, 9.17) is 5.73 Å². The Bertz CT molecular complexity index is 986. The molecular weight excluding hydrogens is 364 g/mol. The Morgan fingerprint density at radius 3 is 2.85 bits per heavy atom. The summed E-state index contributed by atoms with van der Waals surface area (Å²) in [6.07, 6.45) is 3.95. The van der Waals surface area contributed by atoms with Gasteiger partial charge >= 0.3 is 5.69 Å². The SMILES string of the molecule is CCCn1c(N)c(C(=O)CN2CCc3sccc3[C@H]2C2CC2)c(=O)[nH]c1=O. The van der Waals surface area contributed by atoms with Gasteiger partial charge in [0.2, 0.25) is 0 Å². The number of nitrogens with two attached hydrogens (primary N) is 1. The maximum absolute atomic E-state index is 13.0. The van der Waals surface area contributed by atoms with Crippen LogP contribution in [0.5, 0.6) is 0 Å². The lowest BCUT2D eigenvalue weighted by molar-refractivity contribution is 0.0862. The normalized spacial score (nSPS) is 19.8. The summed E-state index contributed by atoms with van der Waals surface area (Å²) in [6.45, 7) is 3.22. The van der Waals surface area contributed by atoms with Gasteiger partial charge in [0.25, 0.3) is 5.56 Å². The summed E-state index contributed by atoms with van der Waals surface area (Å²) < 4.78 is 1.28. The Morgan fingerprint density at radius 2 is 2.15 bits per heavy atom. The van der Waals surface area contributed by atoms with Gasteiger partial charge in [0.1, 0.15) is 11.4 Å². The molecule has 0 unspecified atom stereocenters. The Hall–Kier alpha value is -2.19. The molecule has 3 N–H and O–H groups in total. The van der Waals surface area contributed by atoms with Gasteiger partial charge in [-0.2, -0.15) is 0 Å². The molecule has 0 bridgehead atoms. The predicted octanol–water partition coefficient (Wildman–Crippen LogP) is 1.78. The zero-order chi connectivity index (χ0) is 19.1. The van der Waals surface area contributed by atoms with Crippen molar-refractivity contribution in [3.8, 4) is 0 Å². The van der Waals surface area contributed by atoms with Gasteiger partial charge in [-0.3, -0.25) is 24.0 Å². The minimum Gasteiger partial charge on any atom is -0.384 e.